The van der Waals surface area contributed by atoms with Crippen molar-refractivity contribution in [3.63, 3.8) is 0 Å². The fourth-order valence-corrected chi connectivity index (χ4v) is 3.31. The summed E-state index contributed by atoms with van der Waals surface area (Å²) in [6.45, 7) is 0.702. The van der Waals surface area contributed by atoms with Gasteiger partial charge in [0.15, 0.2) is 0 Å². The maximum absolute atomic E-state index is 12.5. The predicted molar refractivity (Wildman–Crippen MR) is 93.9 cm³/mol. The molecule has 0 aromatic heterocycles. The van der Waals surface area contributed by atoms with Crippen LogP contribution >= 0.6 is 11.6 Å². The molecular weight excluding hydrogens is 324 g/mol. The van der Waals surface area contributed by atoms with E-state index in [0.717, 1.165) is 24.9 Å². The van der Waals surface area contributed by atoms with Gasteiger partial charge in [-0.15, -0.1) is 0 Å². The van der Waals surface area contributed by atoms with Crippen LogP contribution in [0.3, 0.4) is 0 Å². The van der Waals surface area contributed by atoms with Crippen LogP contribution in [0.15, 0.2) is 54.6 Å². The highest BCUT2D eigenvalue weighted by Gasteiger charge is 2.29. The molecule has 5 heteroatoms. The number of rotatable bonds is 4. The van der Waals surface area contributed by atoms with Gasteiger partial charge < -0.3 is 10.2 Å². The largest absolute Gasteiger partial charge is 0.343 e. The molecule has 1 saturated heterocycles. The number of carbonyl (C=O) groups excluding carboxylic acids is 2. The lowest BCUT2D eigenvalue weighted by Gasteiger charge is -2.25. The van der Waals surface area contributed by atoms with Crippen molar-refractivity contribution < 1.29 is 9.59 Å². The van der Waals surface area contributed by atoms with Gasteiger partial charge in [-0.25, -0.2) is 0 Å². The summed E-state index contributed by atoms with van der Waals surface area (Å²) < 4.78 is 0. The van der Waals surface area contributed by atoms with Crippen LogP contribution in [0.2, 0.25) is 5.02 Å². The first kappa shape index (κ1) is 16.5. The molecule has 1 aliphatic rings. The second-order valence-electron chi connectivity index (χ2n) is 5.82. The number of carbonyl (C=O) groups is 2. The van der Waals surface area contributed by atoms with Gasteiger partial charge in [0.25, 0.3) is 5.91 Å². The zero-order valence-corrected chi connectivity index (χ0v) is 14.0. The summed E-state index contributed by atoms with van der Waals surface area (Å²) >= 11 is 6.01. The van der Waals surface area contributed by atoms with Gasteiger partial charge in [-0.3, -0.25) is 9.59 Å². The van der Waals surface area contributed by atoms with Gasteiger partial charge >= 0.3 is 0 Å². The molecule has 0 unspecified atom stereocenters. The summed E-state index contributed by atoms with van der Waals surface area (Å²) in [5.74, 6) is -0.397. The van der Waals surface area contributed by atoms with Gasteiger partial charge in [0.05, 0.1) is 23.2 Å². The van der Waals surface area contributed by atoms with E-state index in [1.807, 2.05) is 35.2 Å². The minimum atomic E-state index is -0.329. The van der Waals surface area contributed by atoms with Gasteiger partial charge in [0.2, 0.25) is 5.91 Å². The standard InChI is InChI=1S/C19H19ClN2O2/c20-16-10-5-4-9-15(16)19(24)21-13-18(23)22-12-6-11-17(22)14-7-2-1-3-8-14/h1-5,7-10,17H,6,11-13H2,(H,21,24)/t17-/m0/s1. The van der Waals surface area contributed by atoms with Crippen molar-refractivity contribution in [2.45, 2.75) is 18.9 Å². The smallest absolute Gasteiger partial charge is 0.253 e. The number of amides is 2. The summed E-state index contributed by atoms with van der Waals surface area (Å²) in [6, 6.07) is 16.9. The molecule has 0 saturated carbocycles. The molecule has 0 radical (unpaired) electrons. The average molecular weight is 343 g/mol. The fraction of sp³-hybridized carbons (Fsp3) is 0.263. The summed E-state index contributed by atoms with van der Waals surface area (Å²) in [5.41, 5.74) is 1.52. The topological polar surface area (TPSA) is 49.4 Å². The minimum absolute atomic E-state index is 0.0204. The first-order chi connectivity index (χ1) is 11.7. The summed E-state index contributed by atoms with van der Waals surface area (Å²) in [7, 11) is 0. The van der Waals surface area contributed by atoms with E-state index in [-0.39, 0.29) is 24.4 Å². The van der Waals surface area contributed by atoms with Crippen LogP contribution in [0.4, 0.5) is 0 Å². The third-order valence-corrected chi connectivity index (χ3v) is 4.61. The highest BCUT2D eigenvalue weighted by Crippen LogP contribution is 2.31. The van der Waals surface area contributed by atoms with E-state index in [1.54, 1.807) is 24.3 Å². The van der Waals surface area contributed by atoms with Crippen molar-refractivity contribution in [1.82, 2.24) is 10.2 Å². The number of hydrogen-bond donors (Lipinski definition) is 1. The monoisotopic (exact) mass is 342 g/mol. The highest BCUT2D eigenvalue weighted by atomic mass is 35.5. The molecular formula is C19H19ClN2O2. The Kier molecular flexibility index (Phi) is 5.16. The van der Waals surface area contributed by atoms with Gasteiger partial charge in [0.1, 0.15) is 0 Å². The first-order valence-corrected chi connectivity index (χ1v) is 8.42. The van der Waals surface area contributed by atoms with Crippen LogP contribution < -0.4 is 5.32 Å². The number of benzene rings is 2. The molecule has 2 amide bonds. The molecule has 2 aromatic carbocycles. The maximum atomic E-state index is 12.5. The van der Waals surface area contributed by atoms with Crippen LogP contribution in [-0.2, 0) is 4.79 Å². The maximum Gasteiger partial charge on any atom is 0.253 e. The Morgan fingerprint density at radius 2 is 1.79 bits per heavy atom. The molecule has 3 rings (SSSR count). The molecule has 0 spiro atoms. The van der Waals surface area contributed by atoms with Gasteiger partial charge in [-0.2, -0.15) is 0 Å². The quantitative estimate of drug-likeness (QED) is 0.925. The van der Waals surface area contributed by atoms with Crippen molar-refractivity contribution in [3.05, 3.63) is 70.7 Å². The zero-order valence-electron chi connectivity index (χ0n) is 13.2. The average Bonchev–Trinajstić information content (AvgIpc) is 3.10. The van der Waals surface area contributed by atoms with Gasteiger partial charge in [-0.05, 0) is 30.5 Å². The van der Waals surface area contributed by atoms with Gasteiger partial charge in [0, 0.05) is 6.54 Å². The Morgan fingerprint density at radius 1 is 1.08 bits per heavy atom. The molecule has 24 heavy (non-hydrogen) atoms. The van der Waals surface area contributed by atoms with E-state index in [4.69, 9.17) is 11.6 Å². The third-order valence-electron chi connectivity index (χ3n) is 4.28. The van der Waals surface area contributed by atoms with E-state index in [1.165, 1.54) is 0 Å². The SMILES string of the molecule is O=C(NCC(=O)N1CCC[C@H]1c1ccccc1)c1ccccc1Cl. The summed E-state index contributed by atoms with van der Waals surface area (Å²) in [4.78, 5) is 26.5. The number of likely N-dealkylation sites (tertiary alicyclic amines) is 1. The number of nitrogens with zero attached hydrogens (tertiary/aromatic N) is 1. The molecule has 1 heterocycles. The lowest BCUT2D eigenvalue weighted by atomic mass is 10.0. The lowest BCUT2D eigenvalue weighted by Crippen LogP contribution is -2.39. The van der Waals surface area contributed by atoms with Crippen LogP contribution in [0.25, 0.3) is 0 Å². The second kappa shape index (κ2) is 7.49. The first-order valence-electron chi connectivity index (χ1n) is 8.04. The van der Waals surface area contributed by atoms with Crippen LogP contribution in [0.5, 0.6) is 0 Å². The molecule has 1 fully saturated rings. The predicted octanol–water partition coefficient (Wildman–Crippen LogP) is 3.43. The molecule has 4 nitrogen and oxygen atoms in total. The van der Waals surface area contributed by atoms with Crippen LogP contribution in [0.1, 0.15) is 34.8 Å². The molecule has 0 bridgehead atoms. The Bertz CT molecular complexity index is 733. The second-order valence-corrected chi connectivity index (χ2v) is 6.23. The van der Waals surface area contributed by atoms with E-state index < -0.39 is 0 Å². The van der Waals surface area contributed by atoms with E-state index in [2.05, 4.69) is 5.32 Å². The molecule has 0 aliphatic carbocycles. The van der Waals surface area contributed by atoms with E-state index in [0.29, 0.717) is 10.6 Å². The van der Waals surface area contributed by atoms with Gasteiger partial charge in [-0.1, -0.05) is 54.1 Å². The van der Waals surface area contributed by atoms with Crippen LogP contribution in [-0.4, -0.2) is 29.8 Å². The molecule has 1 N–H and O–H groups in total. The number of nitrogens with one attached hydrogen (secondary N) is 1. The van der Waals surface area contributed by atoms with Crippen molar-refractivity contribution in [2.75, 3.05) is 13.1 Å². The summed E-state index contributed by atoms with van der Waals surface area (Å²) in [6.07, 6.45) is 1.93. The zero-order chi connectivity index (χ0) is 16.9. The lowest BCUT2D eigenvalue weighted by molar-refractivity contribution is -0.131. The Hall–Kier alpha value is -2.33. The molecule has 1 atom stereocenters. The number of hydrogen-bond acceptors (Lipinski definition) is 2. The fourth-order valence-electron chi connectivity index (χ4n) is 3.08. The van der Waals surface area contributed by atoms with Crippen molar-refractivity contribution in [1.29, 1.82) is 0 Å². The Labute approximate surface area is 146 Å². The Morgan fingerprint density at radius 3 is 2.54 bits per heavy atom. The minimum Gasteiger partial charge on any atom is -0.343 e. The van der Waals surface area contributed by atoms with Crippen LogP contribution in [0, 0.1) is 0 Å². The summed E-state index contributed by atoms with van der Waals surface area (Å²) in [5, 5.41) is 3.05. The molecule has 1 aliphatic heterocycles. The van der Waals surface area contributed by atoms with Crippen molar-refractivity contribution in [2.24, 2.45) is 0 Å². The van der Waals surface area contributed by atoms with E-state index in [9.17, 15) is 9.59 Å². The normalized spacial score (nSPS) is 16.9. The molecule has 2 aromatic rings. The Balaban J connectivity index is 1.62. The van der Waals surface area contributed by atoms with E-state index >= 15 is 0 Å². The van der Waals surface area contributed by atoms with Crippen molar-refractivity contribution in [3.8, 4) is 0 Å². The number of halogens is 1. The van der Waals surface area contributed by atoms with Crippen molar-refractivity contribution >= 4 is 23.4 Å². The highest BCUT2D eigenvalue weighted by molar-refractivity contribution is 6.33. The molecule has 124 valence electrons. The third kappa shape index (κ3) is 3.60.